The maximum Gasteiger partial charge on any atom is 0.124 e. The fourth-order valence-corrected chi connectivity index (χ4v) is 0.931. The molecule has 1 aromatic carbocycles. The Kier molecular flexibility index (Phi) is 3.37. The Labute approximate surface area is 81.6 Å². The predicted molar refractivity (Wildman–Crippen MR) is 51.8 cm³/mol. The summed E-state index contributed by atoms with van der Waals surface area (Å²) in [6.07, 6.45) is 0. The molecule has 0 aliphatic heterocycles. The molecule has 0 unspecified atom stereocenters. The van der Waals surface area contributed by atoms with Crippen LogP contribution in [0.4, 0.5) is 4.39 Å². The largest absolute Gasteiger partial charge is 0.207 e. The minimum Gasteiger partial charge on any atom is -0.207 e. The standard InChI is InChI=1S/C10H6FNS/c11-10-4-3-9(7-12)8(6-10)2-1-5-13/h3-4,6,13H,5H2. The fraction of sp³-hybridized carbons (Fsp3) is 0.100. The third kappa shape index (κ3) is 2.50. The normalized spacial score (nSPS) is 8.38. The Balaban J connectivity index is 3.18. The molecular formula is C10H6FNS. The zero-order chi connectivity index (χ0) is 9.68. The summed E-state index contributed by atoms with van der Waals surface area (Å²) in [5.41, 5.74) is 0.798. The van der Waals surface area contributed by atoms with Gasteiger partial charge in [-0.15, -0.1) is 0 Å². The number of halogens is 1. The highest BCUT2D eigenvalue weighted by Gasteiger charge is 1.99. The fourth-order valence-electron chi connectivity index (χ4n) is 0.852. The molecule has 1 rings (SSSR count). The second-order valence-corrected chi connectivity index (χ2v) is 2.58. The monoisotopic (exact) mass is 191 g/mol. The van der Waals surface area contributed by atoms with E-state index in [1.807, 2.05) is 6.07 Å². The van der Waals surface area contributed by atoms with Gasteiger partial charge in [0.25, 0.3) is 0 Å². The smallest absolute Gasteiger partial charge is 0.124 e. The average Bonchev–Trinajstić information content (AvgIpc) is 2.15. The van der Waals surface area contributed by atoms with Crippen molar-refractivity contribution in [1.29, 1.82) is 5.26 Å². The van der Waals surface area contributed by atoms with Crippen molar-refractivity contribution in [2.24, 2.45) is 0 Å². The lowest BCUT2D eigenvalue weighted by molar-refractivity contribution is 0.627. The molecule has 1 aromatic rings. The highest BCUT2D eigenvalue weighted by Crippen LogP contribution is 2.08. The number of thiol groups is 1. The van der Waals surface area contributed by atoms with E-state index >= 15 is 0 Å². The minimum atomic E-state index is -0.387. The second kappa shape index (κ2) is 4.54. The number of nitrogens with zero attached hydrogens (tertiary/aromatic N) is 1. The molecule has 0 saturated heterocycles. The van der Waals surface area contributed by atoms with E-state index < -0.39 is 0 Å². The van der Waals surface area contributed by atoms with E-state index in [0.717, 1.165) is 0 Å². The van der Waals surface area contributed by atoms with Crippen molar-refractivity contribution >= 4 is 12.6 Å². The molecular weight excluding hydrogens is 185 g/mol. The van der Waals surface area contributed by atoms with Gasteiger partial charge in [0, 0.05) is 5.56 Å². The topological polar surface area (TPSA) is 23.8 Å². The Morgan fingerprint density at radius 1 is 1.38 bits per heavy atom. The van der Waals surface area contributed by atoms with Crippen molar-refractivity contribution < 1.29 is 4.39 Å². The molecule has 0 aliphatic rings. The van der Waals surface area contributed by atoms with Crippen molar-refractivity contribution in [3.63, 3.8) is 0 Å². The van der Waals surface area contributed by atoms with E-state index in [4.69, 9.17) is 5.26 Å². The van der Waals surface area contributed by atoms with E-state index in [2.05, 4.69) is 24.5 Å². The second-order valence-electron chi connectivity index (χ2n) is 2.26. The molecule has 3 heteroatoms. The number of hydrogen-bond acceptors (Lipinski definition) is 2. The number of hydrogen-bond donors (Lipinski definition) is 1. The zero-order valence-corrected chi connectivity index (χ0v) is 7.61. The summed E-state index contributed by atoms with van der Waals surface area (Å²) in [6.45, 7) is 0. The first kappa shape index (κ1) is 9.64. The summed E-state index contributed by atoms with van der Waals surface area (Å²) in [5.74, 6) is 5.33. The third-order valence-corrected chi connectivity index (χ3v) is 1.56. The van der Waals surface area contributed by atoms with Gasteiger partial charge in [0.05, 0.1) is 11.3 Å². The van der Waals surface area contributed by atoms with E-state index in [1.165, 1.54) is 18.2 Å². The minimum absolute atomic E-state index is 0.385. The zero-order valence-electron chi connectivity index (χ0n) is 6.71. The van der Waals surface area contributed by atoms with Gasteiger partial charge in [0.2, 0.25) is 0 Å². The van der Waals surface area contributed by atoms with Crippen LogP contribution in [0, 0.1) is 29.0 Å². The van der Waals surface area contributed by atoms with Gasteiger partial charge in [0.1, 0.15) is 11.9 Å². The van der Waals surface area contributed by atoms with Crippen LogP contribution >= 0.6 is 12.6 Å². The first-order valence-corrected chi connectivity index (χ1v) is 4.20. The van der Waals surface area contributed by atoms with Crippen LogP contribution in [0.3, 0.4) is 0 Å². The molecule has 0 bridgehead atoms. The van der Waals surface area contributed by atoms with Gasteiger partial charge in [-0.25, -0.2) is 4.39 Å². The average molecular weight is 191 g/mol. The molecule has 0 heterocycles. The molecule has 0 atom stereocenters. The summed E-state index contributed by atoms with van der Waals surface area (Å²) < 4.78 is 12.7. The number of rotatable bonds is 0. The van der Waals surface area contributed by atoms with Crippen LogP contribution < -0.4 is 0 Å². The molecule has 1 nitrogen and oxygen atoms in total. The highest BCUT2D eigenvalue weighted by atomic mass is 32.1. The van der Waals surface area contributed by atoms with Crippen LogP contribution in [0.1, 0.15) is 11.1 Å². The van der Waals surface area contributed by atoms with Crippen molar-refractivity contribution in [3.05, 3.63) is 35.1 Å². The number of nitriles is 1. The molecule has 13 heavy (non-hydrogen) atoms. The molecule has 0 aliphatic carbocycles. The van der Waals surface area contributed by atoms with Crippen LogP contribution in [0.5, 0.6) is 0 Å². The first-order valence-electron chi connectivity index (χ1n) is 3.57. The summed E-state index contributed by atoms with van der Waals surface area (Å²) in [5, 5.41) is 8.65. The summed E-state index contributed by atoms with van der Waals surface area (Å²) in [7, 11) is 0. The van der Waals surface area contributed by atoms with E-state index in [0.29, 0.717) is 16.9 Å². The Morgan fingerprint density at radius 2 is 2.15 bits per heavy atom. The summed E-state index contributed by atoms with van der Waals surface area (Å²) in [4.78, 5) is 0. The summed E-state index contributed by atoms with van der Waals surface area (Å²) in [6, 6.07) is 5.84. The van der Waals surface area contributed by atoms with Crippen molar-refractivity contribution in [2.75, 3.05) is 5.75 Å². The Morgan fingerprint density at radius 3 is 2.77 bits per heavy atom. The maximum absolute atomic E-state index is 12.7. The molecule has 0 saturated carbocycles. The van der Waals surface area contributed by atoms with Crippen LogP contribution in [0.25, 0.3) is 0 Å². The van der Waals surface area contributed by atoms with Gasteiger partial charge in [-0.2, -0.15) is 17.9 Å². The van der Waals surface area contributed by atoms with Crippen molar-refractivity contribution in [1.82, 2.24) is 0 Å². The van der Waals surface area contributed by atoms with E-state index in [1.54, 1.807) is 0 Å². The van der Waals surface area contributed by atoms with Crippen LogP contribution in [0.2, 0.25) is 0 Å². The Hall–Kier alpha value is -1.45. The van der Waals surface area contributed by atoms with Crippen molar-refractivity contribution in [3.8, 4) is 17.9 Å². The van der Waals surface area contributed by atoms with Crippen molar-refractivity contribution in [2.45, 2.75) is 0 Å². The molecule has 0 fully saturated rings. The van der Waals surface area contributed by atoms with E-state index in [9.17, 15) is 4.39 Å². The predicted octanol–water partition coefficient (Wildman–Crippen LogP) is 1.98. The third-order valence-electron chi connectivity index (χ3n) is 1.40. The van der Waals surface area contributed by atoms with Crippen LogP contribution in [-0.2, 0) is 0 Å². The SMILES string of the molecule is N#Cc1ccc(F)cc1C#CCS. The quantitative estimate of drug-likeness (QED) is 0.492. The molecule has 0 spiro atoms. The lowest BCUT2D eigenvalue weighted by Gasteiger charge is -1.94. The van der Waals surface area contributed by atoms with E-state index in [-0.39, 0.29) is 5.82 Å². The van der Waals surface area contributed by atoms with Gasteiger partial charge < -0.3 is 0 Å². The molecule has 0 radical (unpaired) electrons. The molecule has 64 valence electrons. The van der Waals surface area contributed by atoms with Gasteiger partial charge >= 0.3 is 0 Å². The van der Waals surface area contributed by atoms with Crippen LogP contribution in [0.15, 0.2) is 18.2 Å². The molecule has 0 amide bonds. The number of benzene rings is 1. The summed E-state index contributed by atoms with van der Waals surface area (Å²) >= 11 is 3.89. The molecule has 0 aromatic heterocycles. The first-order chi connectivity index (χ1) is 6.27. The van der Waals surface area contributed by atoms with Gasteiger partial charge in [-0.3, -0.25) is 0 Å². The highest BCUT2D eigenvalue weighted by molar-refractivity contribution is 7.80. The maximum atomic E-state index is 12.7. The lowest BCUT2D eigenvalue weighted by atomic mass is 10.1. The van der Waals surface area contributed by atoms with Gasteiger partial charge in [-0.1, -0.05) is 11.8 Å². The van der Waals surface area contributed by atoms with Gasteiger partial charge in [0.15, 0.2) is 0 Å². The van der Waals surface area contributed by atoms with Gasteiger partial charge in [-0.05, 0) is 18.2 Å². The van der Waals surface area contributed by atoms with Crippen LogP contribution in [-0.4, -0.2) is 5.75 Å². The Bertz CT molecular complexity index is 409. The lowest BCUT2D eigenvalue weighted by Crippen LogP contribution is -1.85. The molecule has 0 N–H and O–H groups in total.